The SMILES string of the molecule is CNCCNS(=O)(=O)c1cc(C)c(F)cc1Cl.Cl. The normalized spacial score (nSPS) is 11.1. The molecule has 0 heterocycles. The molecule has 0 radical (unpaired) electrons. The Morgan fingerprint density at radius 1 is 1.33 bits per heavy atom. The summed E-state index contributed by atoms with van der Waals surface area (Å²) in [6, 6.07) is 2.23. The highest BCUT2D eigenvalue weighted by Gasteiger charge is 2.18. The highest BCUT2D eigenvalue weighted by Crippen LogP contribution is 2.24. The summed E-state index contributed by atoms with van der Waals surface area (Å²) in [4.78, 5) is -0.103. The van der Waals surface area contributed by atoms with Gasteiger partial charge in [-0.25, -0.2) is 17.5 Å². The fraction of sp³-hybridized carbons (Fsp3) is 0.400. The lowest BCUT2D eigenvalue weighted by atomic mass is 10.2. The van der Waals surface area contributed by atoms with Crippen LogP contribution in [0.2, 0.25) is 5.02 Å². The molecule has 0 spiro atoms. The van der Waals surface area contributed by atoms with Crippen LogP contribution in [0.25, 0.3) is 0 Å². The van der Waals surface area contributed by atoms with Crippen molar-refractivity contribution in [2.75, 3.05) is 20.1 Å². The van der Waals surface area contributed by atoms with Gasteiger partial charge < -0.3 is 5.32 Å². The second-order valence-corrected chi connectivity index (χ2v) is 5.68. The average molecular weight is 317 g/mol. The van der Waals surface area contributed by atoms with E-state index in [4.69, 9.17) is 11.6 Å². The standard InChI is InChI=1S/C10H14ClFN2O2S.ClH/c1-7-5-10(8(11)6-9(7)12)17(15,16)14-4-3-13-2;/h5-6,13-14H,3-4H2,1-2H3;1H. The molecule has 0 bridgehead atoms. The van der Waals surface area contributed by atoms with Crippen LogP contribution in [0.1, 0.15) is 5.56 Å². The Hall–Kier alpha value is -0.400. The topological polar surface area (TPSA) is 58.2 Å². The zero-order chi connectivity index (χ0) is 13.1. The number of hydrogen-bond donors (Lipinski definition) is 2. The molecule has 8 heteroatoms. The second kappa shape index (κ2) is 7.25. The van der Waals surface area contributed by atoms with Crippen molar-refractivity contribution >= 4 is 34.0 Å². The lowest BCUT2D eigenvalue weighted by molar-refractivity contribution is 0.578. The number of aryl methyl sites for hydroxylation is 1. The van der Waals surface area contributed by atoms with Crippen LogP contribution in [0.4, 0.5) is 4.39 Å². The highest BCUT2D eigenvalue weighted by molar-refractivity contribution is 7.89. The Morgan fingerprint density at radius 3 is 2.50 bits per heavy atom. The number of hydrogen-bond acceptors (Lipinski definition) is 3. The van der Waals surface area contributed by atoms with Gasteiger partial charge in [-0.05, 0) is 31.7 Å². The number of sulfonamides is 1. The van der Waals surface area contributed by atoms with Crippen molar-refractivity contribution in [3.05, 3.63) is 28.5 Å². The van der Waals surface area contributed by atoms with E-state index in [0.29, 0.717) is 6.54 Å². The van der Waals surface area contributed by atoms with E-state index < -0.39 is 15.8 Å². The van der Waals surface area contributed by atoms with E-state index in [1.807, 2.05) is 0 Å². The first kappa shape index (κ1) is 17.6. The van der Waals surface area contributed by atoms with Crippen LogP contribution in [0.15, 0.2) is 17.0 Å². The number of rotatable bonds is 5. The first-order valence-electron chi connectivity index (χ1n) is 4.98. The molecule has 0 fully saturated rings. The Morgan fingerprint density at radius 2 is 1.94 bits per heavy atom. The van der Waals surface area contributed by atoms with E-state index in [0.717, 1.165) is 6.07 Å². The van der Waals surface area contributed by atoms with Crippen LogP contribution in [0.3, 0.4) is 0 Å². The van der Waals surface area contributed by atoms with Crippen molar-refractivity contribution in [3.8, 4) is 0 Å². The Labute approximate surface area is 117 Å². The second-order valence-electron chi connectivity index (χ2n) is 3.53. The van der Waals surface area contributed by atoms with Gasteiger partial charge in [0.2, 0.25) is 10.0 Å². The van der Waals surface area contributed by atoms with Crippen LogP contribution >= 0.6 is 24.0 Å². The zero-order valence-corrected chi connectivity index (χ0v) is 12.3. The summed E-state index contributed by atoms with van der Waals surface area (Å²) >= 11 is 5.72. The van der Waals surface area contributed by atoms with Crippen LogP contribution in [0.5, 0.6) is 0 Å². The molecule has 1 rings (SSSR count). The van der Waals surface area contributed by atoms with Crippen molar-refractivity contribution < 1.29 is 12.8 Å². The van der Waals surface area contributed by atoms with Crippen molar-refractivity contribution in [2.45, 2.75) is 11.8 Å². The molecule has 0 aliphatic heterocycles. The molecular weight excluding hydrogens is 302 g/mol. The smallest absolute Gasteiger partial charge is 0.242 e. The number of halogens is 3. The minimum Gasteiger partial charge on any atom is -0.318 e. The van der Waals surface area contributed by atoms with Crippen LogP contribution in [0, 0.1) is 12.7 Å². The van der Waals surface area contributed by atoms with Gasteiger partial charge in [-0.2, -0.15) is 0 Å². The summed E-state index contributed by atoms with van der Waals surface area (Å²) in [5.41, 5.74) is 0.239. The fourth-order valence-corrected chi connectivity index (χ4v) is 2.85. The van der Waals surface area contributed by atoms with E-state index >= 15 is 0 Å². The van der Waals surface area contributed by atoms with Gasteiger partial charge in [0.25, 0.3) is 0 Å². The predicted octanol–water partition coefficient (Wildman–Crippen LogP) is 1.71. The molecule has 0 atom stereocenters. The Balaban J connectivity index is 0.00000289. The van der Waals surface area contributed by atoms with Gasteiger partial charge in [-0.3, -0.25) is 0 Å². The molecule has 1 aromatic carbocycles. The fourth-order valence-electron chi connectivity index (χ4n) is 1.22. The summed E-state index contributed by atoms with van der Waals surface area (Å²) in [6.07, 6.45) is 0. The molecule has 0 saturated heterocycles. The van der Waals surface area contributed by atoms with Crippen molar-refractivity contribution in [1.29, 1.82) is 0 Å². The molecule has 0 aliphatic rings. The molecular formula is C10H15Cl2FN2O2S. The maximum absolute atomic E-state index is 13.1. The minimum atomic E-state index is -3.69. The molecule has 0 aromatic heterocycles. The van der Waals surface area contributed by atoms with Crippen molar-refractivity contribution in [3.63, 3.8) is 0 Å². The zero-order valence-electron chi connectivity index (χ0n) is 9.96. The first-order chi connectivity index (χ1) is 7.88. The average Bonchev–Trinajstić information content (AvgIpc) is 2.23. The highest BCUT2D eigenvalue weighted by atomic mass is 35.5. The third kappa shape index (κ3) is 4.37. The van der Waals surface area contributed by atoms with Gasteiger partial charge in [0.05, 0.1) is 5.02 Å². The van der Waals surface area contributed by atoms with Crippen LogP contribution < -0.4 is 10.0 Å². The quantitative estimate of drug-likeness (QED) is 0.813. The van der Waals surface area contributed by atoms with E-state index in [9.17, 15) is 12.8 Å². The molecule has 0 saturated carbocycles. The number of nitrogens with one attached hydrogen (secondary N) is 2. The summed E-state index contributed by atoms with van der Waals surface area (Å²) in [5.74, 6) is -0.524. The summed E-state index contributed by atoms with van der Waals surface area (Å²) in [6.45, 7) is 2.22. The van der Waals surface area contributed by atoms with Crippen molar-refractivity contribution in [1.82, 2.24) is 10.0 Å². The van der Waals surface area contributed by atoms with Gasteiger partial charge in [-0.15, -0.1) is 12.4 Å². The molecule has 104 valence electrons. The minimum absolute atomic E-state index is 0. The molecule has 2 N–H and O–H groups in total. The molecule has 18 heavy (non-hydrogen) atoms. The van der Waals surface area contributed by atoms with Crippen molar-refractivity contribution in [2.24, 2.45) is 0 Å². The Bertz CT molecular complexity index is 509. The molecule has 4 nitrogen and oxygen atoms in total. The van der Waals surface area contributed by atoms with E-state index in [2.05, 4.69) is 10.0 Å². The maximum Gasteiger partial charge on any atom is 0.242 e. The first-order valence-corrected chi connectivity index (χ1v) is 6.84. The summed E-state index contributed by atoms with van der Waals surface area (Å²) in [5, 5.41) is 2.69. The predicted molar refractivity (Wildman–Crippen MR) is 72.5 cm³/mol. The molecule has 1 aromatic rings. The van der Waals surface area contributed by atoms with Gasteiger partial charge in [-0.1, -0.05) is 11.6 Å². The lowest BCUT2D eigenvalue weighted by Crippen LogP contribution is -2.30. The van der Waals surface area contributed by atoms with Crippen LogP contribution in [-0.4, -0.2) is 28.6 Å². The summed E-state index contributed by atoms with van der Waals surface area (Å²) < 4.78 is 39.2. The van der Waals surface area contributed by atoms with Gasteiger partial charge in [0.1, 0.15) is 10.7 Å². The Kier molecular flexibility index (Phi) is 7.09. The third-order valence-corrected chi connectivity index (χ3v) is 4.10. The van der Waals surface area contributed by atoms with Crippen LogP contribution in [-0.2, 0) is 10.0 Å². The van der Waals surface area contributed by atoms with Gasteiger partial charge >= 0.3 is 0 Å². The van der Waals surface area contributed by atoms with E-state index in [1.165, 1.54) is 13.0 Å². The summed E-state index contributed by atoms with van der Waals surface area (Å²) in [7, 11) is -1.98. The van der Waals surface area contributed by atoms with E-state index in [1.54, 1.807) is 7.05 Å². The number of benzene rings is 1. The van der Waals surface area contributed by atoms with Gasteiger partial charge in [0.15, 0.2) is 0 Å². The molecule has 0 unspecified atom stereocenters. The monoisotopic (exact) mass is 316 g/mol. The van der Waals surface area contributed by atoms with Gasteiger partial charge in [0, 0.05) is 13.1 Å². The third-order valence-electron chi connectivity index (χ3n) is 2.17. The van der Waals surface area contributed by atoms with E-state index in [-0.39, 0.29) is 34.4 Å². The number of likely N-dealkylation sites (N-methyl/N-ethyl adjacent to an activating group) is 1. The lowest BCUT2D eigenvalue weighted by Gasteiger charge is -2.09. The molecule has 0 aliphatic carbocycles. The molecule has 0 amide bonds. The maximum atomic E-state index is 13.1. The largest absolute Gasteiger partial charge is 0.318 e.